The summed E-state index contributed by atoms with van der Waals surface area (Å²) in [6, 6.07) is 5.69. The van der Waals surface area contributed by atoms with Gasteiger partial charge in [-0.1, -0.05) is 12.1 Å². The molecule has 1 fully saturated rings. The first-order valence-electron chi connectivity index (χ1n) is 9.43. The van der Waals surface area contributed by atoms with Crippen LogP contribution in [0.2, 0.25) is 0 Å². The van der Waals surface area contributed by atoms with E-state index >= 15 is 0 Å². The van der Waals surface area contributed by atoms with Gasteiger partial charge in [-0.3, -0.25) is 9.59 Å². The number of amides is 2. The lowest BCUT2D eigenvalue weighted by Crippen LogP contribution is -2.28. The van der Waals surface area contributed by atoms with Gasteiger partial charge >= 0.3 is 0 Å². The monoisotopic (exact) mass is 384 g/mol. The van der Waals surface area contributed by atoms with Crippen molar-refractivity contribution < 1.29 is 9.59 Å². The molecular formula is C20H24N4O2S. The minimum atomic E-state index is -0.151. The van der Waals surface area contributed by atoms with E-state index < -0.39 is 0 Å². The summed E-state index contributed by atoms with van der Waals surface area (Å²) in [5.74, 6) is 0.337. The van der Waals surface area contributed by atoms with Crippen molar-refractivity contribution in [2.45, 2.75) is 45.1 Å². The fourth-order valence-electron chi connectivity index (χ4n) is 3.74. The van der Waals surface area contributed by atoms with Crippen LogP contribution in [0.4, 0.5) is 5.69 Å². The summed E-state index contributed by atoms with van der Waals surface area (Å²) in [5, 5.41) is 10.3. The van der Waals surface area contributed by atoms with E-state index in [0.717, 1.165) is 52.6 Å². The molecule has 1 atom stereocenters. The second kappa shape index (κ2) is 7.40. The minimum absolute atomic E-state index is 0.0161. The van der Waals surface area contributed by atoms with Crippen molar-refractivity contribution in [1.82, 2.24) is 15.6 Å². The highest BCUT2D eigenvalue weighted by Gasteiger charge is 2.24. The predicted molar refractivity (Wildman–Crippen MR) is 106 cm³/mol. The number of rotatable bonds is 4. The van der Waals surface area contributed by atoms with Crippen molar-refractivity contribution in [2.75, 3.05) is 18.4 Å². The van der Waals surface area contributed by atoms with Crippen molar-refractivity contribution >= 4 is 28.8 Å². The predicted octanol–water partition coefficient (Wildman–Crippen LogP) is 2.90. The Labute approximate surface area is 162 Å². The maximum Gasteiger partial charge on any atom is 0.271 e. The third kappa shape index (κ3) is 3.75. The highest BCUT2D eigenvalue weighted by molar-refractivity contribution is 7.12. The van der Waals surface area contributed by atoms with Crippen molar-refractivity contribution in [3.63, 3.8) is 0 Å². The van der Waals surface area contributed by atoms with Crippen molar-refractivity contribution in [2.24, 2.45) is 0 Å². The Bertz CT molecular complexity index is 886. The minimum Gasteiger partial charge on any atom is -0.344 e. The zero-order chi connectivity index (χ0) is 19.0. The van der Waals surface area contributed by atoms with Gasteiger partial charge in [0.1, 0.15) is 5.69 Å². The summed E-state index contributed by atoms with van der Waals surface area (Å²) >= 11 is 1.64. The lowest BCUT2D eigenvalue weighted by atomic mass is 9.99. The normalized spacial score (nSPS) is 18.1. The van der Waals surface area contributed by atoms with E-state index in [0.29, 0.717) is 18.0 Å². The van der Waals surface area contributed by atoms with Gasteiger partial charge in [-0.2, -0.15) is 0 Å². The van der Waals surface area contributed by atoms with Crippen LogP contribution in [0.3, 0.4) is 0 Å². The summed E-state index contributed by atoms with van der Waals surface area (Å²) in [5.41, 5.74) is 3.38. The van der Waals surface area contributed by atoms with Crippen LogP contribution in [0.5, 0.6) is 0 Å². The lowest BCUT2D eigenvalue weighted by molar-refractivity contribution is -0.115. The van der Waals surface area contributed by atoms with E-state index in [4.69, 9.17) is 0 Å². The summed E-state index contributed by atoms with van der Waals surface area (Å²) < 4.78 is 0. The number of nitrogens with zero attached hydrogens (tertiary/aromatic N) is 1. The molecule has 1 aromatic carbocycles. The van der Waals surface area contributed by atoms with Crippen LogP contribution >= 0.6 is 11.3 Å². The average molecular weight is 385 g/mol. The van der Waals surface area contributed by atoms with Crippen LogP contribution in [0.1, 0.15) is 63.2 Å². The van der Waals surface area contributed by atoms with Crippen molar-refractivity contribution in [1.29, 1.82) is 0 Å². The van der Waals surface area contributed by atoms with Gasteiger partial charge in [-0.15, -0.1) is 11.3 Å². The number of thiazole rings is 1. The van der Waals surface area contributed by atoms with Crippen molar-refractivity contribution in [3.8, 4) is 0 Å². The van der Waals surface area contributed by atoms with E-state index in [1.165, 1.54) is 0 Å². The summed E-state index contributed by atoms with van der Waals surface area (Å²) in [7, 11) is 0. The molecule has 0 saturated carbocycles. The molecule has 0 radical (unpaired) electrons. The maximum absolute atomic E-state index is 12.8. The number of carbonyl (C=O) groups is 2. The molecule has 1 aromatic heterocycles. The van der Waals surface area contributed by atoms with E-state index in [1.807, 2.05) is 32.0 Å². The van der Waals surface area contributed by atoms with E-state index in [1.54, 1.807) is 11.3 Å². The highest BCUT2D eigenvalue weighted by atomic mass is 32.1. The van der Waals surface area contributed by atoms with Crippen molar-refractivity contribution in [3.05, 3.63) is 44.9 Å². The van der Waals surface area contributed by atoms with Crippen LogP contribution in [0.15, 0.2) is 18.2 Å². The highest BCUT2D eigenvalue weighted by Crippen LogP contribution is 2.31. The van der Waals surface area contributed by atoms with E-state index in [9.17, 15) is 9.59 Å². The quantitative estimate of drug-likeness (QED) is 0.757. The molecule has 7 heteroatoms. The molecule has 2 aliphatic rings. The fraction of sp³-hybridized carbons (Fsp3) is 0.450. The molecule has 27 heavy (non-hydrogen) atoms. The number of fused-ring (bicyclic) bond motifs is 1. The maximum atomic E-state index is 12.8. The Balaban J connectivity index is 1.46. The van der Waals surface area contributed by atoms with Gasteiger partial charge in [-0.25, -0.2) is 4.98 Å². The molecular weight excluding hydrogens is 360 g/mol. The Morgan fingerprint density at radius 3 is 2.89 bits per heavy atom. The number of benzene rings is 1. The number of carbonyl (C=O) groups excluding carboxylic acids is 2. The molecule has 6 nitrogen and oxygen atoms in total. The first kappa shape index (κ1) is 18.1. The van der Waals surface area contributed by atoms with E-state index in [2.05, 4.69) is 20.9 Å². The van der Waals surface area contributed by atoms with Crippen LogP contribution in [-0.2, 0) is 11.2 Å². The smallest absolute Gasteiger partial charge is 0.271 e. The van der Waals surface area contributed by atoms with Gasteiger partial charge in [0.05, 0.1) is 17.5 Å². The molecule has 2 aliphatic heterocycles. The summed E-state index contributed by atoms with van der Waals surface area (Å²) in [6.07, 6.45) is 2.55. The Kier molecular flexibility index (Phi) is 4.97. The number of aromatic nitrogens is 1. The Morgan fingerprint density at radius 1 is 1.33 bits per heavy atom. The van der Waals surface area contributed by atoms with Crippen LogP contribution in [0, 0.1) is 6.92 Å². The summed E-state index contributed by atoms with van der Waals surface area (Å²) in [6.45, 7) is 5.95. The molecule has 1 unspecified atom stereocenters. The first-order valence-corrected chi connectivity index (χ1v) is 10.2. The number of anilines is 1. The number of aryl methyl sites for hydroxylation is 1. The Morgan fingerprint density at radius 2 is 2.11 bits per heavy atom. The lowest BCUT2D eigenvalue weighted by Gasteiger charge is -2.20. The van der Waals surface area contributed by atoms with Gasteiger partial charge in [0.25, 0.3) is 5.91 Å². The van der Waals surface area contributed by atoms with Gasteiger partial charge in [-0.05, 0) is 57.0 Å². The zero-order valence-electron chi connectivity index (χ0n) is 15.6. The topological polar surface area (TPSA) is 83.1 Å². The molecule has 0 spiro atoms. The molecule has 0 aliphatic carbocycles. The van der Waals surface area contributed by atoms with Crippen LogP contribution in [-0.4, -0.2) is 29.9 Å². The zero-order valence-corrected chi connectivity index (χ0v) is 16.4. The second-order valence-electron chi connectivity index (χ2n) is 7.32. The van der Waals surface area contributed by atoms with Gasteiger partial charge in [0, 0.05) is 16.5 Å². The third-order valence-corrected chi connectivity index (χ3v) is 6.45. The molecule has 2 amide bonds. The molecule has 1 saturated heterocycles. The first-order chi connectivity index (χ1) is 13.0. The van der Waals surface area contributed by atoms with Gasteiger partial charge in [0.2, 0.25) is 5.91 Å². The van der Waals surface area contributed by atoms with Gasteiger partial charge in [0.15, 0.2) is 0 Å². The third-order valence-electron chi connectivity index (χ3n) is 5.32. The number of piperidine rings is 1. The van der Waals surface area contributed by atoms with Crippen LogP contribution < -0.4 is 16.0 Å². The molecule has 142 valence electrons. The summed E-state index contributed by atoms with van der Waals surface area (Å²) in [4.78, 5) is 29.9. The molecule has 4 rings (SSSR count). The second-order valence-corrected chi connectivity index (χ2v) is 8.55. The molecule has 3 N–H and O–H groups in total. The largest absolute Gasteiger partial charge is 0.344 e. The number of nitrogens with one attached hydrogen (secondary N) is 3. The average Bonchev–Trinajstić information content (AvgIpc) is 3.23. The SMILES string of the molecule is Cc1sc(C2CCNCC2)nc1C(=O)NC(C)c1ccc2c(c1)CC(=O)N2. The Hall–Kier alpha value is -2.25. The molecule has 2 aromatic rings. The number of hydrogen-bond acceptors (Lipinski definition) is 5. The number of hydrogen-bond donors (Lipinski definition) is 3. The standard InChI is InChI=1S/C20H24N4O2S/c1-11(14-3-4-16-15(9-14)10-17(25)23-16)22-19(26)18-12(2)27-20(24-18)13-5-7-21-8-6-13/h3-4,9,11,13,21H,5-8,10H2,1-2H3,(H,22,26)(H,23,25). The van der Waals surface area contributed by atoms with Crippen LogP contribution in [0.25, 0.3) is 0 Å². The van der Waals surface area contributed by atoms with E-state index in [-0.39, 0.29) is 17.9 Å². The van der Waals surface area contributed by atoms with Gasteiger partial charge < -0.3 is 16.0 Å². The molecule has 0 bridgehead atoms. The fourth-order valence-corrected chi connectivity index (χ4v) is 4.83. The molecule has 3 heterocycles.